The average Bonchev–Trinajstić information content (AvgIpc) is 2.11. The van der Waals surface area contributed by atoms with E-state index in [1.54, 1.807) is 0 Å². The van der Waals surface area contributed by atoms with E-state index in [4.69, 9.17) is 4.43 Å². The third kappa shape index (κ3) is 8.88. The highest BCUT2D eigenvalue weighted by Gasteiger charge is 2.20. The minimum atomic E-state index is -1.39. The first-order valence-electron chi connectivity index (χ1n) is 6.17. The van der Waals surface area contributed by atoms with Gasteiger partial charge in [-0.25, -0.2) is 0 Å². The maximum atomic E-state index is 6.14. The summed E-state index contributed by atoms with van der Waals surface area (Å²) in [6.07, 6.45) is 7.13. The topological polar surface area (TPSA) is 9.23 Å². The van der Waals surface area contributed by atoms with Crippen molar-refractivity contribution in [2.75, 3.05) is 0 Å². The Hall–Kier alpha value is -0.0831. The van der Waals surface area contributed by atoms with Gasteiger partial charge in [0.2, 0.25) is 0 Å². The molecule has 0 amide bonds. The molecule has 0 radical (unpaired) electrons. The van der Waals surface area contributed by atoms with Crippen molar-refractivity contribution in [3.63, 3.8) is 0 Å². The summed E-state index contributed by atoms with van der Waals surface area (Å²) in [7, 11) is -1.39. The lowest BCUT2D eigenvalue weighted by Crippen LogP contribution is -2.32. The van der Waals surface area contributed by atoms with Crippen LogP contribution < -0.4 is 0 Å². The summed E-state index contributed by atoms with van der Waals surface area (Å²) in [6.45, 7) is 15.2. The van der Waals surface area contributed by atoms with E-state index in [9.17, 15) is 0 Å². The molecular weight excluding hydrogens is 200 g/mol. The van der Waals surface area contributed by atoms with Gasteiger partial charge in [0.25, 0.3) is 0 Å². The van der Waals surface area contributed by atoms with E-state index in [2.05, 4.69) is 40.1 Å². The molecule has 2 atom stereocenters. The van der Waals surface area contributed by atoms with Crippen LogP contribution in [0.1, 0.15) is 39.5 Å². The molecule has 0 heterocycles. The van der Waals surface area contributed by atoms with E-state index in [1.165, 1.54) is 19.3 Å². The van der Waals surface area contributed by atoms with E-state index < -0.39 is 8.32 Å². The van der Waals surface area contributed by atoms with Gasteiger partial charge in [0.1, 0.15) is 0 Å². The molecule has 0 aromatic carbocycles. The van der Waals surface area contributed by atoms with Crippen molar-refractivity contribution in [1.29, 1.82) is 0 Å². The zero-order valence-electron chi connectivity index (χ0n) is 11.2. The molecule has 0 N–H and O–H groups in total. The molecule has 0 aliphatic rings. The fraction of sp³-hybridized carbons (Fsp3) is 0.846. The summed E-state index contributed by atoms with van der Waals surface area (Å²) in [5, 5.41) is 0. The molecule has 0 bridgehead atoms. The highest BCUT2D eigenvalue weighted by Crippen LogP contribution is 2.19. The largest absolute Gasteiger partial charge is 0.414 e. The second-order valence-corrected chi connectivity index (χ2v) is 9.93. The van der Waals surface area contributed by atoms with Gasteiger partial charge in [0.05, 0.1) is 0 Å². The lowest BCUT2D eigenvalue weighted by molar-refractivity contribution is 0.176. The SMILES string of the molecule is C=CCC(CCC(C)CC)O[Si](C)(C)C. The average molecular weight is 228 g/mol. The van der Waals surface area contributed by atoms with Crippen molar-refractivity contribution < 1.29 is 4.43 Å². The summed E-state index contributed by atoms with van der Waals surface area (Å²) in [5.41, 5.74) is 0. The van der Waals surface area contributed by atoms with Gasteiger partial charge in [-0.05, 0) is 44.8 Å². The van der Waals surface area contributed by atoms with Crippen LogP contribution in [0, 0.1) is 5.92 Å². The number of hydrogen-bond donors (Lipinski definition) is 0. The van der Waals surface area contributed by atoms with Crippen LogP contribution in [0.15, 0.2) is 12.7 Å². The quantitative estimate of drug-likeness (QED) is 0.435. The first-order chi connectivity index (χ1) is 6.89. The first kappa shape index (κ1) is 14.9. The molecule has 90 valence electrons. The number of rotatable bonds is 8. The Kier molecular flexibility index (Phi) is 7.19. The maximum absolute atomic E-state index is 6.14. The van der Waals surface area contributed by atoms with Gasteiger partial charge in [-0.1, -0.05) is 26.3 Å². The van der Waals surface area contributed by atoms with Gasteiger partial charge >= 0.3 is 0 Å². The van der Waals surface area contributed by atoms with Crippen molar-refractivity contribution in [3.8, 4) is 0 Å². The predicted molar refractivity (Wildman–Crippen MR) is 71.7 cm³/mol. The zero-order chi connectivity index (χ0) is 11.9. The molecule has 0 aromatic heterocycles. The van der Waals surface area contributed by atoms with Crippen LogP contribution >= 0.6 is 0 Å². The lowest BCUT2D eigenvalue weighted by Gasteiger charge is -2.26. The molecular formula is C13H28OSi. The molecule has 15 heavy (non-hydrogen) atoms. The van der Waals surface area contributed by atoms with E-state index in [0.29, 0.717) is 6.10 Å². The zero-order valence-corrected chi connectivity index (χ0v) is 12.2. The van der Waals surface area contributed by atoms with Crippen LogP contribution in [-0.2, 0) is 4.43 Å². The number of hydrogen-bond acceptors (Lipinski definition) is 1. The Morgan fingerprint density at radius 3 is 2.27 bits per heavy atom. The van der Waals surface area contributed by atoms with Crippen LogP contribution in [0.3, 0.4) is 0 Å². The van der Waals surface area contributed by atoms with Gasteiger partial charge in [-0.3, -0.25) is 0 Å². The molecule has 1 nitrogen and oxygen atoms in total. The Bertz CT molecular complexity index is 172. The van der Waals surface area contributed by atoms with Crippen molar-refractivity contribution in [3.05, 3.63) is 12.7 Å². The Morgan fingerprint density at radius 2 is 1.87 bits per heavy atom. The third-order valence-corrected chi connectivity index (χ3v) is 3.67. The lowest BCUT2D eigenvalue weighted by atomic mass is 9.99. The summed E-state index contributed by atoms with van der Waals surface area (Å²) in [6, 6.07) is 0. The van der Waals surface area contributed by atoms with E-state index in [-0.39, 0.29) is 0 Å². The first-order valence-corrected chi connectivity index (χ1v) is 9.58. The molecule has 0 aliphatic heterocycles. The van der Waals surface area contributed by atoms with Crippen molar-refractivity contribution in [2.45, 2.75) is 65.3 Å². The minimum Gasteiger partial charge on any atom is -0.414 e. The second-order valence-electron chi connectivity index (χ2n) is 5.47. The van der Waals surface area contributed by atoms with E-state index in [0.717, 1.165) is 12.3 Å². The van der Waals surface area contributed by atoms with Crippen molar-refractivity contribution in [1.82, 2.24) is 0 Å². The molecule has 0 fully saturated rings. The summed E-state index contributed by atoms with van der Waals surface area (Å²) in [4.78, 5) is 0. The Labute approximate surface area is 97.0 Å². The smallest absolute Gasteiger partial charge is 0.184 e. The fourth-order valence-corrected chi connectivity index (χ4v) is 2.80. The third-order valence-electron chi connectivity index (χ3n) is 2.63. The molecule has 2 heteroatoms. The van der Waals surface area contributed by atoms with Gasteiger partial charge in [0, 0.05) is 6.10 Å². The van der Waals surface area contributed by atoms with E-state index in [1.807, 2.05) is 6.08 Å². The van der Waals surface area contributed by atoms with Crippen molar-refractivity contribution in [2.24, 2.45) is 5.92 Å². The summed E-state index contributed by atoms with van der Waals surface area (Å²) < 4.78 is 6.14. The van der Waals surface area contributed by atoms with Crippen LogP contribution in [-0.4, -0.2) is 14.4 Å². The minimum absolute atomic E-state index is 0.406. The van der Waals surface area contributed by atoms with Crippen molar-refractivity contribution >= 4 is 8.32 Å². The maximum Gasteiger partial charge on any atom is 0.184 e. The summed E-state index contributed by atoms with van der Waals surface area (Å²) in [5.74, 6) is 0.822. The van der Waals surface area contributed by atoms with Crippen LogP contribution in [0.2, 0.25) is 19.6 Å². The second kappa shape index (κ2) is 7.23. The van der Waals surface area contributed by atoms with Gasteiger partial charge < -0.3 is 4.43 Å². The standard InChI is InChI=1S/C13H28OSi/c1-7-9-13(14-15(4,5)6)11-10-12(3)8-2/h7,12-13H,1,8-11H2,2-6H3. The predicted octanol–water partition coefficient (Wildman–Crippen LogP) is 4.61. The monoisotopic (exact) mass is 228 g/mol. The molecule has 0 spiro atoms. The summed E-state index contributed by atoms with van der Waals surface area (Å²) >= 11 is 0. The normalized spacial score (nSPS) is 16.1. The van der Waals surface area contributed by atoms with Crippen LogP contribution in [0.4, 0.5) is 0 Å². The highest BCUT2D eigenvalue weighted by atomic mass is 28.4. The molecule has 0 rings (SSSR count). The van der Waals surface area contributed by atoms with Crippen LogP contribution in [0.5, 0.6) is 0 Å². The molecule has 2 unspecified atom stereocenters. The van der Waals surface area contributed by atoms with Gasteiger partial charge in [-0.2, -0.15) is 0 Å². The van der Waals surface area contributed by atoms with Gasteiger partial charge in [-0.15, -0.1) is 6.58 Å². The highest BCUT2D eigenvalue weighted by molar-refractivity contribution is 6.69. The van der Waals surface area contributed by atoms with E-state index >= 15 is 0 Å². The molecule has 0 aromatic rings. The molecule has 0 saturated heterocycles. The molecule has 0 saturated carbocycles. The molecule has 0 aliphatic carbocycles. The van der Waals surface area contributed by atoms with Crippen LogP contribution in [0.25, 0.3) is 0 Å². The van der Waals surface area contributed by atoms with Gasteiger partial charge in [0.15, 0.2) is 8.32 Å². The Morgan fingerprint density at radius 1 is 1.27 bits per heavy atom. The fourth-order valence-electron chi connectivity index (χ4n) is 1.59. The Balaban J connectivity index is 3.98.